The lowest BCUT2D eigenvalue weighted by molar-refractivity contribution is 0.00200. The minimum Gasteiger partial charge on any atom is -0.372 e. The monoisotopic (exact) mass is 530 g/mol. The third-order valence-electron chi connectivity index (χ3n) is 6.10. The summed E-state index contributed by atoms with van der Waals surface area (Å²) in [5, 5.41) is 2.43. The summed E-state index contributed by atoms with van der Waals surface area (Å²) in [6.07, 6.45) is 0.856. The highest BCUT2D eigenvalue weighted by Crippen LogP contribution is 2.37. The van der Waals surface area contributed by atoms with Gasteiger partial charge in [0.2, 0.25) is 0 Å². The highest BCUT2D eigenvalue weighted by atomic mass is 35.5. The number of hydrogen-bond donors (Lipinski definition) is 0. The Morgan fingerprint density at radius 2 is 1.94 bits per heavy atom. The average molecular weight is 532 g/mol. The number of thiophene rings is 1. The first kappa shape index (κ1) is 23.9. The van der Waals surface area contributed by atoms with Gasteiger partial charge in [-0.1, -0.05) is 72.6 Å². The average Bonchev–Trinajstić information content (AvgIpc) is 3.18. The molecule has 4 nitrogen and oxygen atoms in total. The van der Waals surface area contributed by atoms with E-state index in [0.29, 0.717) is 33.5 Å². The molecule has 8 heteroatoms. The molecule has 3 heterocycles. The van der Waals surface area contributed by atoms with Gasteiger partial charge in [-0.2, -0.15) is 0 Å². The molecular weight excluding hydrogens is 507 g/mol. The molecule has 0 bridgehead atoms. The van der Waals surface area contributed by atoms with Crippen molar-refractivity contribution in [3.8, 4) is 5.69 Å². The molecule has 0 amide bonds. The van der Waals surface area contributed by atoms with E-state index < -0.39 is 0 Å². The van der Waals surface area contributed by atoms with Gasteiger partial charge < -0.3 is 4.74 Å². The van der Waals surface area contributed by atoms with Crippen molar-refractivity contribution in [3.05, 3.63) is 84.4 Å². The summed E-state index contributed by atoms with van der Waals surface area (Å²) in [5.41, 5.74) is 4.05. The molecule has 2 aromatic carbocycles. The van der Waals surface area contributed by atoms with Crippen molar-refractivity contribution < 1.29 is 4.74 Å². The van der Waals surface area contributed by atoms with Crippen LogP contribution in [0.3, 0.4) is 0 Å². The van der Waals surface area contributed by atoms with Crippen molar-refractivity contribution >= 4 is 56.5 Å². The molecule has 0 radical (unpaired) electrons. The van der Waals surface area contributed by atoms with Gasteiger partial charge in [-0.05, 0) is 48.2 Å². The van der Waals surface area contributed by atoms with E-state index in [4.69, 9.17) is 32.9 Å². The third kappa shape index (κ3) is 4.54. The number of aromatic nitrogens is 2. The SMILES string of the molecule is Cc1ccc(-n2c(SCc3ccc(Cl)c(Cl)c3)nc3sc4c(c3c2=O)CC(C(C)C)OC4)cc1. The molecule has 0 saturated carbocycles. The summed E-state index contributed by atoms with van der Waals surface area (Å²) in [6, 6.07) is 13.6. The minimum absolute atomic E-state index is 0.0209. The molecule has 5 rings (SSSR count). The molecule has 1 aliphatic rings. The third-order valence-corrected chi connectivity index (χ3v) is 8.95. The van der Waals surface area contributed by atoms with Crippen LogP contribution in [0.4, 0.5) is 0 Å². The number of hydrogen-bond acceptors (Lipinski definition) is 5. The van der Waals surface area contributed by atoms with Crippen LogP contribution in [0.25, 0.3) is 15.9 Å². The van der Waals surface area contributed by atoms with Gasteiger partial charge in [0.1, 0.15) is 4.83 Å². The standard InChI is InChI=1S/C26H24Cl2N2O2S2/c1-14(2)21-11-18-22(12-32-21)34-24-23(18)25(31)30(17-7-4-15(3)5-8-17)26(29-24)33-13-16-6-9-19(27)20(28)10-16/h4-10,14,21H,11-13H2,1-3H3. The molecular formula is C26H24Cl2N2O2S2. The van der Waals surface area contributed by atoms with E-state index in [1.165, 1.54) is 11.8 Å². The number of aryl methyl sites for hydroxylation is 1. The fourth-order valence-electron chi connectivity index (χ4n) is 4.13. The van der Waals surface area contributed by atoms with E-state index in [2.05, 4.69) is 13.8 Å². The van der Waals surface area contributed by atoms with E-state index >= 15 is 0 Å². The van der Waals surface area contributed by atoms with Crippen LogP contribution in [0, 0.1) is 12.8 Å². The van der Waals surface area contributed by atoms with Crippen LogP contribution in [-0.4, -0.2) is 15.7 Å². The van der Waals surface area contributed by atoms with Crippen LogP contribution < -0.4 is 5.56 Å². The molecule has 0 aliphatic carbocycles. The summed E-state index contributed by atoms with van der Waals surface area (Å²) < 4.78 is 7.81. The molecule has 34 heavy (non-hydrogen) atoms. The van der Waals surface area contributed by atoms with Crippen LogP contribution in [-0.2, 0) is 23.5 Å². The van der Waals surface area contributed by atoms with Crippen molar-refractivity contribution in [1.82, 2.24) is 9.55 Å². The zero-order chi connectivity index (χ0) is 24.0. The van der Waals surface area contributed by atoms with E-state index in [0.717, 1.165) is 43.9 Å². The topological polar surface area (TPSA) is 44.1 Å². The zero-order valence-electron chi connectivity index (χ0n) is 19.1. The minimum atomic E-state index is -0.0209. The summed E-state index contributed by atoms with van der Waals surface area (Å²) in [7, 11) is 0. The molecule has 1 atom stereocenters. The second-order valence-corrected chi connectivity index (χ2v) is 11.7. The molecule has 2 aromatic heterocycles. The first-order chi connectivity index (χ1) is 16.3. The molecule has 176 valence electrons. The van der Waals surface area contributed by atoms with Gasteiger partial charge >= 0.3 is 0 Å². The quantitative estimate of drug-likeness (QED) is 0.198. The fourth-order valence-corrected chi connectivity index (χ4v) is 6.57. The Labute approximate surface area is 216 Å². The predicted molar refractivity (Wildman–Crippen MR) is 143 cm³/mol. The van der Waals surface area contributed by atoms with Gasteiger partial charge in [0.25, 0.3) is 5.56 Å². The number of halogens is 2. The highest BCUT2D eigenvalue weighted by molar-refractivity contribution is 7.98. The van der Waals surface area contributed by atoms with Gasteiger partial charge in [-0.15, -0.1) is 11.3 Å². The van der Waals surface area contributed by atoms with Crippen LogP contribution in [0.15, 0.2) is 52.4 Å². The Balaban J connectivity index is 1.63. The largest absolute Gasteiger partial charge is 0.372 e. The molecule has 0 N–H and O–H groups in total. The number of ether oxygens (including phenoxy) is 1. The first-order valence-electron chi connectivity index (χ1n) is 11.1. The Morgan fingerprint density at radius 1 is 1.18 bits per heavy atom. The maximum Gasteiger partial charge on any atom is 0.267 e. The number of benzene rings is 2. The predicted octanol–water partition coefficient (Wildman–Crippen LogP) is 7.45. The first-order valence-corrected chi connectivity index (χ1v) is 13.7. The fraction of sp³-hybridized carbons (Fsp3) is 0.308. The van der Waals surface area contributed by atoms with Crippen molar-refractivity contribution in [2.75, 3.05) is 0 Å². The van der Waals surface area contributed by atoms with E-state index in [1.807, 2.05) is 43.3 Å². The second-order valence-electron chi connectivity index (χ2n) is 8.89. The Kier molecular flexibility index (Phi) is 6.79. The van der Waals surface area contributed by atoms with Gasteiger partial charge in [-0.25, -0.2) is 4.98 Å². The van der Waals surface area contributed by atoms with E-state index in [-0.39, 0.29) is 11.7 Å². The summed E-state index contributed by atoms with van der Waals surface area (Å²) in [4.78, 5) is 20.9. The van der Waals surface area contributed by atoms with E-state index in [9.17, 15) is 4.79 Å². The van der Waals surface area contributed by atoms with Crippen molar-refractivity contribution in [2.24, 2.45) is 5.92 Å². The van der Waals surface area contributed by atoms with Crippen LogP contribution >= 0.6 is 46.3 Å². The maximum absolute atomic E-state index is 14.0. The maximum atomic E-state index is 14.0. The Bertz CT molecular complexity index is 1430. The Morgan fingerprint density at radius 3 is 2.65 bits per heavy atom. The number of fused-ring (bicyclic) bond motifs is 3. The van der Waals surface area contributed by atoms with Gasteiger partial charge in [0.15, 0.2) is 5.16 Å². The highest BCUT2D eigenvalue weighted by Gasteiger charge is 2.28. The lowest BCUT2D eigenvalue weighted by Crippen LogP contribution is -2.28. The molecule has 0 saturated heterocycles. The second kappa shape index (κ2) is 9.67. The summed E-state index contributed by atoms with van der Waals surface area (Å²) in [5.74, 6) is 1.00. The van der Waals surface area contributed by atoms with Gasteiger partial charge in [0.05, 0.1) is 33.8 Å². The van der Waals surface area contributed by atoms with Crippen molar-refractivity contribution in [3.63, 3.8) is 0 Å². The molecule has 0 fully saturated rings. The summed E-state index contributed by atoms with van der Waals surface area (Å²) in [6.45, 7) is 6.89. The number of rotatable bonds is 5. The molecule has 1 aliphatic heterocycles. The van der Waals surface area contributed by atoms with Crippen molar-refractivity contribution in [2.45, 2.75) is 50.8 Å². The van der Waals surface area contributed by atoms with Crippen LogP contribution in [0.5, 0.6) is 0 Å². The number of nitrogens with zero attached hydrogens (tertiary/aromatic N) is 2. The van der Waals surface area contributed by atoms with Crippen LogP contribution in [0.1, 0.15) is 35.4 Å². The normalized spacial score (nSPS) is 15.8. The van der Waals surface area contributed by atoms with Crippen LogP contribution in [0.2, 0.25) is 10.0 Å². The smallest absolute Gasteiger partial charge is 0.267 e. The molecule has 0 spiro atoms. The number of thioether (sulfide) groups is 1. The lowest BCUT2D eigenvalue weighted by atomic mass is 9.96. The molecule has 4 aromatic rings. The molecule has 1 unspecified atom stereocenters. The van der Waals surface area contributed by atoms with Gasteiger partial charge in [0, 0.05) is 17.1 Å². The van der Waals surface area contributed by atoms with Gasteiger partial charge in [-0.3, -0.25) is 9.36 Å². The van der Waals surface area contributed by atoms with E-state index in [1.54, 1.807) is 22.0 Å². The summed E-state index contributed by atoms with van der Waals surface area (Å²) >= 11 is 15.4. The Hall–Kier alpha value is -1.83. The van der Waals surface area contributed by atoms with Crippen molar-refractivity contribution in [1.29, 1.82) is 0 Å². The zero-order valence-corrected chi connectivity index (χ0v) is 22.2. The lowest BCUT2D eigenvalue weighted by Gasteiger charge is -2.26.